The van der Waals surface area contributed by atoms with Crippen molar-refractivity contribution in [1.29, 1.82) is 0 Å². The number of hydrogen-bond donors (Lipinski definition) is 2. The summed E-state index contributed by atoms with van der Waals surface area (Å²) in [6.07, 6.45) is 0.479. The number of halogens is 3. The number of nitrogens with one attached hydrogen (secondary N) is 2. The van der Waals surface area contributed by atoms with E-state index in [4.69, 9.17) is 16.1 Å². The number of benzene rings is 2. The molecule has 0 radical (unpaired) electrons. The van der Waals surface area contributed by atoms with Crippen LogP contribution in [-0.4, -0.2) is 36.3 Å². The van der Waals surface area contributed by atoms with Crippen LogP contribution in [0.2, 0.25) is 5.02 Å². The van der Waals surface area contributed by atoms with Gasteiger partial charge in [0.05, 0.1) is 0 Å². The van der Waals surface area contributed by atoms with Crippen molar-refractivity contribution < 1.29 is 18.0 Å². The number of para-hydroxylation sites is 1. The Morgan fingerprint density at radius 3 is 2.67 bits per heavy atom. The summed E-state index contributed by atoms with van der Waals surface area (Å²) < 4.78 is 34.8. The number of guanidine groups is 1. The third kappa shape index (κ3) is 6.15. The average Bonchev–Trinajstić information content (AvgIpc) is 3.20. The first kappa shape index (κ1) is 21.5. The summed E-state index contributed by atoms with van der Waals surface area (Å²) in [6, 6.07) is 13.7. The second-order valence-electron chi connectivity index (χ2n) is 6.11. The minimum atomic E-state index is -2.88. The third-order valence-corrected chi connectivity index (χ3v) is 4.31. The molecule has 0 saturated carbocycles. The van der Waals surface area contributed by atoms with Gasteiger partial charge in [0.15, 0.2) is 5.96 Å². The van der Waals surface area contributed by atoms with Crippen molar-refractivity contribution in [3.05, 3.63) is 65.0 Å². The van der Waals surface area contributed by atoms with Crippen LogP contribution in [0.25, 0.3) is 11.4 Å². The van der Waals surface area contributed by atoms with E-state index in [0.717, 1.165) is 5.56 Å². The molecule has 0 atom stereocenters. The molecule has 0 unspecified atom stereocenters. The number of aliphatic imine (C=N–C) groups is 1. The second-order valence-corrected chi connectivity index (χ2v) is 6.54. The van der Waals surface area contributed by atoms with E-state index in [1.54, 1.807) is 37.4 Å². The van der Waals surface area contributed by atoms with Gasteiger partial charge in [-0.3, -0.25) is 4.99 Å². The first-order valence-corrected chi connectivity index (χ1v) is 9.48. The van der Waals surface area contributed by atoms with Crippen molar-refractivity contribution in [2.75, 3.05) is 13.6 Å². The van der Waals surface area contributed by atoms with Crippen LogP contribution in [0.3, 0.4) is 0 Å². The summed E-state index contributed by atoms with van der Waals surface area (Å²) in [4.78, 5) is 8.47. The van der Waals surface area contributed by atoms with Crippen molar-refractivity contribution in [2.45, 2.75) is 19.6 Å². The van der Waals surface area contributed by atoms with Gasteiger partial charge in [0.25, 0.3) is 0 Å². The predicted molar refractivity (Wildman–Crippen MR) is 110 cm³/mol. The van der Waals surface area contributed by atoms with Crippen molar-refractivity contribution in [3.8, 4) is 17.1 Å². The number of alkyl halides is 2. The SMILES string of the molecule is CN=C(NCCc1nc(-c2ccc(Cl)cc2)no1)NCc1ccccc1OC(F)F. The molecule has 0 amide bonds. The van der Waals surface area contributed by atoms with Crippen molar-refractivity contribution >= 4 is 17.6 Å². The molecule has 0 bridgehead atoms. The second kappa shape index (κ2) is 10.5. The zero-order valence-electron chi connectivity index (χ0n) is 16.1. The van der Waals surface area contributed by atoms with Crippen LogP contribution in [0.4, 0.5) is 8.78 Å². The Bertz CT molecular complexity index is 979. The summed E-state index contributed by atoms with van der Waals surface area (Å²) in [5.41, 5.74) is 1.40. The molecule has 158 valence electrons. The van der Waals surface area contributed by atoms with E-state index in [1.165, 1.54) is 6.07 Å². The summed E-state index contributed by atoms with van der Waals surface area (Å²) in [7, 11) is 1.61. The van der Waals surface area contributed by atoms with E-state index in [-0.39, 0.29) is 12.3 Å². The molecular formula is C20H20ClF2N5O2. The van der Waals surface area contributed by atoms with E-state index >= 15 is 0 Å². The Balaban J connectivity index is 1.49. The van der Waals surface area contributed by atoms with E-state index in [0.29, 0.717) is 41.2 Å². The maximum atomic E-state index is 12.5. The highest BCUT2D eigenvalue weighted by atomic mass is 35.5. The molecule has 3 aromatic rings. The Labute approximate surface area is 177 Å². The lowest BCUT2D eigenvalue weighted by Crippen LogP contribution is -2.38. The highest BCUT2D eigenvalue weighted by Crippen LogP contribution is 2.20. The monoisotopic (exact) mass is 435 g/mol. The Morgan fingerprint density at radius 2 is 1.93 bits per heavy atom. The number of hydrogen-bond acceptors (Lipinski definition) is 5. The lowest BCUT2D eigenvalue weighted by atomic mass is 10.2. The molecular weight excluding hydrogens is 416 g/mol. The maximum Gasteiger partial charge on any atom is 0.387 e. The smallest absolute Gasteiger partial charge is 0.387 e. The molecule has 0 aliphatic rings. The zero-order valence-corrected chi connectivity index (χ0v) is 16.9. The largest absolute Gasteiger partial charge is 0.434 e. The average molecular weight is 436 g/mol. The fraction of sp³-hybridized carbons (Fsp3) is 0.250. The maximum absolute atomic E-state index is 12.5. The van der Waals surface area contributed by atoms with Gasteiger partial charge in [-0.25, -0.2) is 0 Å². The van der Waals surface area contributed by atoms with Gasteiger partial charge in [0.2, 0.25) is 11.7 Å². The van der Waals surface area contributed by atoms with Crippen LogP contribution >= 0.6 is 11.6 Å². The summed E-state index contributed by atoms with van der Waals surface area (Å²) in [5.74, 6) is 1.58. The molecule has 0 aliphatic carbocycles. The minimum absolute atomic E-state index is 0.121. The zero-order chi connectivity index (χ0) is 21.3. The molecule has 0 aliphatic heterocycles. The molecule has 0 saturated heterocycles. The van der Waals surface area contributed by atoms with Gasteiger partial charge in [-0.15, -0.1) is 0 Å². The van der Waals surface area contributed by atoms with Crippen LogP contribution in [0.5, 0.6) is 5.75 Å². The standard InChI is InChI=1S/C20H20ClF2N5O2/c1-24-20(26-12-14-4-2-3-5-16(14)29-19(22)23)25-11-10-17-27-18(28-30-17)13-6-8-15(21)9-7-13/h2-9,19H,10-12H2,1H3,(H2,24,25,26). The molecule has 3 rings (SSSR count). The van der Waals surface area contributed by atoms with E-state index in [9.17, 15) is 8.78 Å². The lowest BCUT2D eigenvalue weighted by Gasteiger charge is -2.14. The highest BCUT2D eigenvalue weighted by molar-refractivity contribution is 6.30. The molecule has 2 N–H and O–H groups in total. The number of rotatable bonds is 8. The van der Waals surface area contributed by atoms with Gasteiger partial charge in [-0.1, -0.05) is 35.0 Å². The van der Waals surface area contributed by atoms with E-state index < -0.39 is 6.61 Å². The topological polar surface area (TPSA) is 84.6 Å². The molecule has 1 heterocycles. The number of nitrogens with zero attached hydrogens (tertiary/aromatic N) is 3. The number of aromatic nitrogens is 2. The molecule has 0 fully saturated rings. The molecule has 2 aromatic carbocycles. The molecule has 30 heavy (non-hydrogen) atoms. The van der Waals surface area contributed by atoms with Gasteiger partial charge in [0, 0.05) is 42.7 Å². The van der Waals surface area contributed by atoms with E-state index in [2.05, 4.69) is 30.5 Å². The Kier molecular flexibility index (Phi) is 7.56. The van der Waals surface area contributed by atoms with Gasteiger partial charge in [-0.2, -0.15) is 13.8 Å². The van der Waals surface area contributed by atoms with Gasteiger partial charge >= 0.3 is 6.61 Å². The normalized spacial score (nSPS) is 11.6. The highest BCUT2D eigenvalue weighted by Gasteiger charge is 2.11. The van der Waals surface area contributed by atoms with Gasteiger partial charge < -0.3 is 19.9 Å². The fourth-order valence-electron chi connectivity index (χ4n) is 2.62. The van der Waals surface area contributed by atoms with Gasteiger partial charge in [-0.05, 0) is 30.3 Å². The molecule has 1 aromatic heterocycles. The van der Waals surface area contributed by atoms with Crippen molar-refractivity contribution in [1.82, 2.24) is 20.8 Å². The molecule has 0 spiro atoms. The number of ether oxygens (including phenoxy) is 1. The van der Waals surface area contributed by atoms with Crippen LogP contribution in [0, 0.1) is 0 Å². The molecule has 10 heteroatoms. The van der Waals surface area contributed by atoms with Gasteiger partial charge in [0.1, 0.15) is 5.75 Å². The predicted octanol–water partition coefficient (Wildman–Crippen LogP) is 3.90. The van der Waals surface area contributed by atoms with E-state index in [1.807, 2.05) is 12.1 Å². The van der Waals surface area contributed by atoms with Crippen LogP contribution in [0.1, 0.15) is 11.5 Å². The lowest BCUT2D eigenvalue weighted by molar-refractivity contribution is -0.0504. The van der Waals surface area contributed by atoms with Crippen LogP contribution < -0.4 is 15.4 Å². The Morgan fingerprint density at radius 1 is 1.17 bits per heavy atom. The Hall–Kier alpha value is -3.20. The summed E-state index contributed by atoms with van der Waals surface area (Å²) in [5, 5.41) is 10.8. The van der Waals surface area contributed by atoms with Crippen LogP contribution in [0.15, 0.2) is 58.0 Å². The summed E-state index contributed by atoms with van der Waals surface area (Å²) >= 11 is 5.88. The third-order valence-electron chi connectivity index (χ3n) is 4.06. The summed E-state index contributed by atoms with van der Waals surface area (Å²) in [6.45, 7) is -2.13. The minimum Gasteiger partial charge on any atom is -0.434 e. The fourth-order valence-corrected chi connectivity index (χ4v) is 2.75. The molecule has 7 nitrogen and oxygen atoms in total. The first-order chi connectivity index (χ1) is 14.5. The first-order valence-electron chi connectivity index (χ1n) is 9.11. The van der Waals surface area contributed by atoms with Crippen LogP contribution in [-0.2, 0) is 13.0 Å². The quantitative estimate of drug-likeness (QED) is 0.412. The van der Waals surface area contributed by atoms with Crippen molar-refractivity contribution in [2.24, 2.45) is 4.99 Å². The van der Waals surface area contributed by atoms with Crippen molar-refractivity contribution in [3.63, 3.8) is 0 Å².